The van der Waals surface area contributed by atoms with Crippen LogP contribution in [0.2, 0.25) is 10.0 Å². The molecule has 0 unspecified atom stereocenters. The first-order valence-electron chi connectivity index (χ1n) is 3.56. The molecule has 1 rings (SSSR count). The van der Waals surface area contributed by atoms with Crippen molar-refractivity contribution < 1.29 is 4.79 Å². The Morgan fingerprint density at radius 1 is 1.43 bits per heavy atom. The number of amides is 1. The second-order valence-corrected chi connectivity index (χ2v) is 3.73. The van der Waals surface area contributed by atoms with Gasteiger partial charge in [0.25, 0.3) is 5.91 Å². The number of hydrogen-bond acceptors (Lipinski definition) is 2. The quantitative estimate of drug-likeness (QED) is 0.748. The Morgan fingerprint density at radius 2 is 2.07 bits per heavy atom. The molecule has 14 heavy (non-hydrogen) atoms. The summed E-state index contributed by atoms with van der Waals surface area (Å²) in [6, 6.07) is 4.53. The van der Waals surface area contributed by atoms with Gasteiger partial charge in [-0.15, -0.1) is 0 Å². The van der Waals surface area contributed by atoms with Crippen LogP contribution in [0.4, 0.5) is 0 Å². The van der Waals surface area contributed by atoms with Gasteiger partial charge < -0.3 is 5.73 Å². The molecule has 74 valence electrons. The average Bonchev–Trinajstić information content (AvgIpc) is 2.01. The summed E-state index contributed by atoms with van der Waals surface area (Å²) in [6.07, 6.45) is 0. The highest BCUT2D eigenvalue weighted by molar-refractivity contribution is 7.80. The third kappa shape index (κ3) is 2.83. The van der Waals surface area contributed by atoms with Crippen molar-refractivity contribution >= 4 is 46.4 Å². The van der Waals surface area contributed by atoms with E-state index in [1.54, 1.807) is 6.07 Å². The highest BCUT2D eigenvalue weighted by atomic mass is 35.5. The van der Waals surface area contributed by atoms with E-state index in [2.05, 4.69) is 17.5 Å². The van der Waals surface area contributed by atoms with E-state index >= 15 is 0 Å². The molecule has 0 aliphatic carbocycles. The van der Waals surface area contributed by atoms with Crippen molar-refractivity contribution in [2.75, 3.05) is 0 Å². The van der Waals surface area contributed by atoms with Crippen molar-refractivity contribution in [1.82, 2.24) is 5.32 Å². The monoisotopic (exact) mass is 248 g/mol. The molecule has 0 saturated carbocycles. The van der Waals surface area contributed by atoms with Gasteiger partial charge in [-0.3, -0.25) is 10.1 Å². The molecule has 1 aromatic rings. The second-order valence-electron chi connectivity index (χ2n) is 2.44. The number of benzene rings is 1. The first kappa shape index (κ1) is 11.2. The molecular formula is C8H6Cl2N2OS. The largest absolute Gasteiger partial charge is 0.376 e. The molecule has 1 aromatic carbocycles. The molecule has 0 heterocycles. The number of hydrogen-bond donors (Lipinski definition) is 2. The minimum Gasteiger partial charge on any atom is -0.376 e. The maximum atomic E-state index is 11.4. The Labute approximate surface area is 96.2 Å². The van der Waals surface area contributed by atoms with E-state index in [-0.39, 0.29) is 15.7 Å². The number of nitrogens with two attached hydrogens (primary N) is 1. The van der Waals surface area contributed by atoms with E-state index in [1.807, 2.05) is 0 Å². The summed E-state index contributed by atoms with van der Waals surface area (Å²) in [5, 5.41) is 2.88. The first-order chi connectivity index (χ1) is 6.50. The van der Waals surface area contributed by atoms with Crippen LogP contribution in [0, 0.1) is 0 Å². The molecule has 0 spiro atoms. The number of halogens is 2. The number of rotatable bonds is 1. The molecule has 0 radical (unpaired) electrons. The third-order valence-electron chi connectivity index (χ3n) is 1.41. The number of thiocarbonyl (C=S) groups is 1. The fourth-order valence-corrected chi connectivity index (χ4v) is 1.44. The molecule has 6 heteroatoms. The van der Waals surface area contributed by atoms with Gasteiger partial charge in [-0.1, -0.05) is 23.2 Å². The molecule has 0 aromatic heterocycles. The Hall–Kier alpha value is -0.840. The average molecular weight is 249 g/mol. The zero-order valence-electron chi connectivity index (χ0n) is 6.88. The fraction of sp³-hybridized carbons (Fsp3) is 0. The smallest absolute Gasteiger partial charge is 0.258 e. The third-order valence-corrected chi connectivity index (χ3v) is 2.06. The van der Waals surface area contributed by atoms with Gasteiger partial charge in [-0.05, 0) is 30.4 Å². The van der Waals surface area contributed by atoms with Crippen LogP contribution in [-0.2, 0) is 0 Å². The molecular weight excluding hydrogens is 243 g/mol. The minimum atomic E-state index is -0.445. The molecule has 1 amide bonds. The molecule has 0 fully saturated rings. The van der Waals surface area contributed by atoms with E-state index in [1.165, 1.54) is 12.1 Å². The molecule has 0 atom stereocenters. The van der Waals surface area contributed by atoms with Gasteiger partial charge in [0.1, 0.15) is 0 Å². The predicted molar refractivity (Wildman–Crippen MR) is 60.7 cm³/mol. The fourth-order valence-electron chi connectivity index (χ4n) is 0.853. The van der Waals surface area contributed by atoms with Gasteiger partial charge in [-0.2, -0.15) is 0 Å². The van der Waals surface area contributed by atoms with Crippen LogP contribution in [0.3, 0.4) is 0 Å². The van der Waals surface area contributed by atoms with Crippen LogP contribution in [-0.4, -0.2) is 11.0 Å². The Kier molecular flexibility index (Phi) is 3.69. The number of carbonyl (C=O) groups excluding carboxylic acids is 1. The maximum absolute atomic E-state index is 11.4. The van der Waals surface area contributed by atoms with Gasteiger partial charge >= 0.3 is 0 Å². The molecule has 3 N–H and O–H groups in total. The van der Waals surface area contributed by atoms with E-state index in [4.69, 9.17) is 28.9 Å². The van der Waals surface area contributed by atoms with Crippen LogP contribution < -0.4 is 11.1 Å². The van der Waals surface area contributed by atoms with E-state index in [9.17, 15) is 4.79 Å². The van der Waals surface area contributed by atoms with Crippen molar-refractivity contribution in [3.05, 3.63) is 33.8 Å². The Morgan fingerprint density at radius 3 is 2.57 bits per heavy atom. The molecule has 0 aliphatic heterocycles. The number of nitrogens with one attached hydrogen (secondary N) is 1. The zero-order valence-corrected chi connectivity index (χ0v) is 9.21. The lowest BCUT2D eigenvalue weighted by atomic mass is 10.2. The highest BCUT2D eigenvalue weighted by Crippen LogP contribution is 2.20. The summed E-state index contributed by atoms with van der Waals surface area (Å²) in [4.78, 5) is 11.4. The van der Waals surface area contributed by atoms with Gasteiger partial charge in [-0.25, -0.2) is 0 Å². The normalized spacial score (nSPS) is 9.57. The lowest BCUT2D eigenvalue weighted by Gasteiger charge is -2.04. The van der Waals surface area contributed by atoms with Crippen molar-refractivity contribution in [2.24, 2.45) is 5.73 Å². The highest BCUT2D eigenvalue weighted by Gasteiger charge is 2.10. The summed E-state index contributed by atoms with van der Waals surface area (Å²) in [5.41, 5.74) is 5.42. The van der Waals surface area contributed by atoms with Crippen molar-refractivity contribution in [3.8, 4) is 0 Å². The van der Waals surface area contributed by atoms with Crippen molar-refractivity contribution in [1.29, 1.82) is 0 Å². The standard InChI is InChI=1S/C8H6Cl2N2OS/c9-4-1-2-5(6(10)3-4)7(13)12-8(11)14/h1-3H,(H3,11,12,13,14). The summed E-state index contributed by atoms with van der Waals surface area (Å²) in [6.45, 7) is 0. The van der Waals surface area contributed by atoms with Crippen LogP contribution in [0.1, 0.15) is 10.4 Å². The lowest BCUT2D eigenvalue weighted by Crippen LogP contribution is -2.34. The molecule has 0 saturated heterocycles. The second kappa shape index (κ2) is 4.59. The Balaban J connectivity index is 2.96. The van der Waals surface area contributed by atoms with Gasteiger partial charge in [0.05, 0.1) is 10.6 Å². The van der Waals surface area contributed by atoms with E-state index in [0.29, 0.717) is 5.02 Å². The first-order valence-corrected chi connectivity index (χ1v) is 4.73. The molecule has 0 aliphatic rings. The number of carbonyl (C=O) groups is 1. The van der Waals surface area contributed by atoms with Gasteiger partial charge in [0, 0.05) is 5.02 Å². The van der Waals surface area contributed by atoms with Crippen LogP contribution in [0.25, 0.3) is 0 Å². The maximum Gasteiger partial charge on any atom is 0.258 e. The van der Waals surface area contributed by atoms with Crippen LogP contribution in [0.5, 0.6) is 0 Å². The summed E-state index contributed by atoms with van der Waals surface area (Å²) in [5.74, 6) is -0.445. The molecule has 3 nitrogen and oxygen atoms in total. The van der Waals surface area contributed by atoms with Crippen molar-refractivity contribution in [3.63, 3.8) is 0 Å². The zero-order chi connectivity index (χ0) is 10.7. The Bertz CT molecular complexity index is 395. The van der Waals surface area contributed by atoms with Gasteiger partial charge in [0.2, 0.25) is 0 Å². The summed E-state index contributed by atoms with van der Waals surface area (Å²) < 4.78 is 0. The van der Waals surface area contributed by atoms with Crippen LogP contribution >= 0.6 is 35.4 Å². The topological polar surface area (TPSA) is 55.1 Å². The predicted octanol–water partition coefficient (Wildman–Crippen LogP) is 1.97. The van der Waals surface area contributed by atoms with Gasteiger partial charge in [0.15, 0.2) is 5.11 Å². The molecule has 0 bridgehead atoms. The van der Waals surface area contributed by atoms with Crippen molar-refractivity contribution in [2.45, 2.75) is 0 Å². The SMILES string of the molecule is NC(=S)NC(=O)c1ccc(Cl)cc1Cl. The summed E-state index contributed by atoms with van der Waals surface area (Å²) in [7, 11) is 0. The van der Waals surface area contributed by atoms with Crippen LogP contribution in [0.15, 0.2) is 18.2 Å². The van der Waals surface area contributed by atoms with E-state index < -0.39 is 5.91 Å². The van der Waals surface area contributed by atoms with E-state index in [0.717, 1.165) is 0 Å². The summed E-state index contributed by atoms with van der Waals surface area (Å²) >= 11 is 16.0. The minimum absolute atomic E-state index is 0.0963. The lowest BCUT2D eigenvalue weighted by molar-refractivity contribution is 0.0977.